The number of nitrogens with one attached hydrogen (secondary N) is 2. The van der Waals surface area contributed by atoms with Crippen LogP contribution in [0.4, 0.5) is 5.69 Å². The van der Waals surface area contributed by atoms with Crippen molar-refractivity contribution in [3.05, 3.63) is 86.3 Å². The molecule has 0 bridgehead atoms. The fourth-order valence-electron chi connectivity index (χ4n) is 6.74. The van der Waals surface area contributed by atoms with Crippen molar-refractivity contribution in [1.29, 1.82) is 0 Å². The predicted molar refractivity (Wildman–Crippen MR) is 174 cm³/mol. The van der Waals surface area contributed by atoms with E-state index in [0.29, 0.717) is 11.6 Å². The molecule has 0 radical (unpaired) electrons. The Hall–Kier alpha value is -3.01. The van der Waals surface area contributed by atoms with Gasteiger partial charge in [0.05, 0.1) is 13.2 Å². The third kappa shape index (κ3) is 7.56. The predicted octanol–water partition coefficient (Wildman–Crippen LogP) is 4.68. The lowest BCUT2D eigenvalue weighted by Gasteiger charge is -2.38. The fourth-order valence-corrected chi connectivity index (χ4v) is 6.74. The van der Waals surface area contributed by atoms with Crippen molar-refractivity contribution < 1.29 is 9.84 Å². The highest BCUT2D eigenvalue weighted by Crippen LogP contribution is 2.36. The highest BCUT2D eigenvalue weighted by Gasteiger charge is 2.27. The van der Waals surface area contributed by atoms with Crippen LogP contribution in [0.15, 0.2) is 47.3 Å². The van der Waals surface area contributed by atoms with Gasteiger partial charge in [-0.05, 0) is 99.4 Å². The Morgan fingerprint density at radius 2 is 1.74 bits per heavy atom. The number of morpholine rings is 1. The molecule has 0 spiro atoms. The lowest BCUT2D eigenvalue weighted by atomic mass is 9.89. The zero-order valence-corrected chi connectivity index (χ0v) is 26.3. The van der Waals surface area contributed by atoms with Crippen LogP contribution in [0.25, 0.3) is 11.1 Å². The molecule has 232 valence electrons. The first-order chi connectivity index (χ1) is 20.7. The molecule has 1 unspecified atom stereocenters. The van der Waals surface area contributed by atoms with Crippen LogP contribution in [0.3, 0.4) is 0 Å². The van der Waals surface area contributed by atoms with E-state index in [-0.39, 0.29) is 18.1 Å². The molecular formula is C35H49N5O3. The number of hydrogen-bond acceptors (Lipinski definition) is 7. The standard InChI is InChI=1S/C35H49N5O3/c1-5-40(30-12-10-29(36)11-13-30)33-20-28(27-8-6-26(7-9-27)22-39-14-16-43-17-15-39)19-31(25(33)4)34(41)37-21-32-23(2)18-24(3)38-35(32)42/h6-9,18-20,29-30,34,37,41H,5,10-17,21-22,36H2,1-4H3,(H,38,42)/t29-,30-,34?. The average molecular weight is 588 g/mol. The summed E-state index contributed by atoms with van der Waals surface area (Å²) in [5.41, 5.74) is 15.0. The summed E-state index contributed by atoms with van der Waals surface area (Å²) in [6, 6.07) is 15.9. The highest BCUT2D eigenvalue weighted by molar-refractivity contribution is 5.73. The molecule has 1 aromatic heterocycles. The Morgan fingerprint density at radius 1 is 1.05 bits per heavy atom. The van der Waals surface area contributed by atoms with Crippen molar-refractivity contribution in [2.45, 2.75) is 84.8 Å². The van der Waals surface area contributed by atoms with Gasteiger partial charge in [0.1, 0.15) is 6.23 Å². The summed E-state index contributed by atoms with van der Waals surface area (Å²) in [6.07, 6.45) is 3.27. The molecule has 2 aliphatic rings. The van der Waals surface area contributed by atoms with Gasteiger partial charge in [0.25, 0.3) is 5.56 Å². The van der Waals surface area contributed by atoms with Crippen molar-refractivity contribution >= 4 is 5.69 Å². The van der Waals surface area contributed by atoms with Gasteiger partial charge >= 0.3 is 0 Å². The van der Waals surface area contributed by atoms with Gasteiger partial charge in [-0.1, -0.05) is 24.3 Å². The first kappa shape index (κ1) is 31.4. The number of aryl methyl sites for hydroxylation is 2. The normalized spacial score (nSPS) is 20.2. The maximum Gasteiger partial charge on any atom is 0.252 e. The van der Waals surface area contributed by atoms with E-state index in [2.05, 4.69) is 70.3 Å². The zero-order valence-electron chi connectivity index (χ0n) is 26.3. The van der Waals surface area contributed by atoms with E-state index in [1.807, 2.05) is 19.9 Å². The van der Waals surface area contributed by atoms with E-state index in [4.69, 9.17) is 10.5 Å². The number of aliphatic hydroxyl groups is 1. The summed E-state index contributed by atoms with van der Waals surface area (Å²) >= 11 is 0. The highest BCUT2D eigenvalue weighted by atomic mass is 16.5. The molecule has 1 saturated heterocycles. The zero-order chi connectivity index (χ0) is 30.5. The van der Waals surface area contributed by atoms with Crippen LogP contribution in [0.2, 0.25) is 0 Å². The minimum Gasteiger partial charge on any atom is -0.379 e. The Labute approximate surface area is 256 Å². The number of benzene rings is 2. The van der Waals surface area contributed by atoms with E-state index in [1.54, 1.807) is 0 Å². The number of pyridine rings is 1. The minimum absolute atomic E-state index is 0.117. The van der Waals surface area contributed by atoms with Crippen molar-refractivity contribution in [2.75, 3.05) is 37.7 Å². The number of H-pyrrole nitrogens is 1. The Kier molecular flexibility index (Phi) is 10.4. The molecule has 1 atom stereocenters. The second kappa shape index (κ2) is 14.2. The molecule has 1 aliphatic carbocycles. The van der Waals surface area contributed by atoms with Gasteiger partial charge in [-0.25, -0.2) is 0 Å². The Morgan fingerprint density at radius 3 is 2.40 bits per heavy atom. The maximum atomic E-state index is 12.6. The van der Waals surface area contributed by atoms with Crippen LogP contribution >= 0.6 is 0 Å². The molecule has 2 aromatic carbocycles. The molecule has 43 heavy (non-hydrogen) atoms. The lowest BCUT2D eigenvalue weighted by molar-refractivity contribution is 0.0342. The quantitative estimate of drug-likeness (QED) is 0.255. The Balaban J connectivity index is 1.46. The molecule has 8 heteroatoms. The average Bonchev–Trinajstić information content (AvgIpc) is 2.99. The largest absolute Gasteiger partial charge is 0.379 e. The summed E-state index contributed by atoms with van der Waals surface area (Å²) in [4.78, 5) is 20.5. The first-order valence-electron chi connectivity index (χ1n) is 15.9. The Bertz CT molecular complexity index is 1420. The van der Waals surface area contributed by atoms with E-state index in [9.17, 15) is 9.90 Å². The molecule has 5 rings (SSSR count). The summed E-state index contributed by atoms with van der Waals surface area (Å²) in [7, 11) is 0. The van der Waals surface area contributed by atoms with Gasteiger partial charge < -0.3 is 25.5 Å². The number of anilines is 1. The fraction of sp³-hybridized carbons (Fsp3) is 0.514. The molecule has 3 aromatic rings. The van der Waals surface area contributed by atoms with Crippen LogP contribution < -0.4 is 21.5 Å². The van der Waals surface area contributed by atoms with Crippen LogP contribution in [0, 0.1) is 20.8 Å². The van der Waals surface area contributed by atoms with Gasteiger partial charge in [-0.3, -0.25) is 15.0 Å². The smallest absolute Gasteiger partial charge is 0.252 e. The molecule has 2 fully saturated rings. The molecule has 1 aliphatic heterocycles. The van der Waals surface area contributed by atoms with Crippen molar-refractivity contribution in [3.63, 3.8) is 0 Å². The van der Waals surface area contributed by atoms with Crippen molar-refractivity contribution in [1.82, 2.24) is 15.2 Å². The maximum absolute atomic E-state index is 12.6. The van der Waals surface area contributed by atoms with E-state index >= 15 is 0 Å². The van der Waals surface area contributed by atoms with Gasteiger partial charge in [-0.2, -0.15) is 0 Å². The summed E-state index contributed by atoms with van der Waals surface area (Å²) in [6.45, 7) is 13.7. The van der Waals surface area contributed by atoms with E-state index in [0.717, 1.165) is 104 Å². The van der Waals surface area contributed by atoms with Gasteiger partial charge in [0.15, 0.2) is 0 Å². The van der Waals surface area contributed by atoms with Gasteiger partial charge in [0.2, 0.25) is 0 Å². The number of aromatic nitrogens is 1. The molecule has 2 heterocycles. The molecule has 1 saturated carbocycles. The second-order valence-electron chi connectivity index (χ2n) is 12.4. The summed E-state index contributed by atoms with van der Waals surface area (Å²) in [5, 5.41) is 14.8. The lowest BCUT2D eigenvalue weighted by Crippen LogP contribution is -2.41. The molecule has 5 N–H and O–H groups in total. The number of hydrogen-bond donors (Lipinski definition) is 4. The van der Waals surface area contributed by atoms with Crippen LogP contribution in [-0.4, -0.2) is 59.9 Å². The van der Waals surface area contributed by atoms with E-state index in [1.165, 1.54) is 5.56 Å². The van der Waals surface area contributed by atoms with Crippen LogP contribution in [0.5, 0.6) is 0 Å². The number of nitrogens with two attached hydrogens (primary N) is 1. The number of aromatic amines is 1. The SMILES string of the molecule is CCN(c1cc(-c2ccc(CN3CCOCC3)cc2)cc(C(O)NCc2c(C)cc(C)[nH]c2=O)c1C)[C@H]1CC[C@H](N)CC1. The van der Waals surface area contributed by atoms with Gasteiger partial charge in [0, 0.05) is 67.3 Å². The molecule has 0 amide bonds. The van der Waals surface area contributed by atoms with Crippen LogP contribution in [-0.2, 0) is 17.8 Å². The number of rotatable bonds is 10. The van der Waals surface area contributed by atoms with Crippen LogP contribution in [0.1, 0.15) is 72.3 Å². The van der Waals surface area contributed by atoms with Gasteiger partial charge in [-0.15, -0.1) is 0 Å². The summed E-state index contributed by atoms with van der Waals surface area (Å²) < 4.78 is 5.51. The molecular weight excluding hydrogens is 538 g/mol. The topological polar surface area (TPSA) is 107 Å². The summed E-state index contributed by atoms with van der Waals surface area (Å²) in [5.74, 6) is 0. The first-order valence-corrected chi connectivity index (χ1v) is 15.9. The number of nitrogens with zero attached hydrogens (tertiary/aromatic N) is 2. The third-order valence-electron chi connectivity index (χ3n) is 9.31. The van der Waals surface area contributed by atoms with Crippen molar-refractivity contribution in [3.8, 4) is 11.1 Å². The molecule has 8 nitrogen and oxygen atoms in total. The number of aliphatic hydroxyl groups excluding tert-OH is 1. The monoisotopic (exact) mass is 587 g/mol. The second-order valence-corrected chi connectivity index (χ2v) is 12.4. The van der Waals surface area contributed by atoms with Crippen molar-refractivity contribution in [2.24, 2.45) is 5.73 Å². The van der Waals surface area contributed by atoms with E-state index < -0.39 is 6.23 Å². The number of ether oxygens (including phenoxy) is 1. The minimum atomic E-state index is -0.933. The third-order valence-corrected chi connectivity index (χ3v) is 9.31.